The molecule has 0 aromatic heterocycles. The standard InChI is InChI=1S/BH3O3.2FH.Li.H/c2-1(3)4;;;;/h2-4H;2*1H;;/q;;;+1;-1. The first-order chi connectivity index (χ1) is 1.73. The molecule has 7 heavy (non-hydrogen) atoms. The predicted molar refractivity (Wildman–Crippen MR) is 18.5 cm³/mol. The Labute approximate surface area is 52.9 Å². The summed E-state index contributed by atoms with van der Waals surface area (Å²) in [7, 11) is -2.17. The van der Waals surface area contributed by atoms with E-state index < -0.39 is 7.32 Å². The molecule has 0 unspecified atom stereocenters. The van der Waals surface area contributed by atoms with Crippen molar-refractivity contribution >= 4 is 7.32 Å². The van der Waals surface area contributed by atoms with Crippen LogP contribution in [-0.2, 0) is 0 Å². The van der Waals surface area contributed by atoms with Gasteiger partial charge in [-0.2, -0.15) is 0 Å². The van der Waals surface area contributed by atoms with E-state index in [0.29, 0.717) is 0 Å². The molecule has 0 aliphatic carbocycles. The molecule has 0 bridgehead atoms. The maximum Gasteiger partial charge on any atom is 1.00 e. The predicted octanol–water partition coefficient (Wildman–Crippen LogP) is -4.63. The van der Waals surface area contributed by atoms with Gasteiger partial charge in [-0.05, 0) is 0 Å². The minimum absolute atomic E-state index is 0. The Morgan fingerprint density at radius 1 is 1.00 bits per heavy atom. The van der Waals surface area contributed by atoms with Gasteiger partial charge in [-0.25, -0.2) is 0 Å². The molecule has 3 N–H and O–H groups in total. The van der Waals surface area contributed by atoms with Crippen LogP contribution in [0.3, 0.4) is 0 Å². The van der Waals surface area contributed by atoms with Crippen LogP contribution >= 0.6 is 0 Å². The normalized spacial score (nSPS) is 3.86. The van der Waals surface area contributed by atoms with Gasteiger partial charge >= 0.3 is 26.2 Å². The largest absolute Gasteiger partial charge is 1.00 e. The van der Waals surface area contributed by atoms with Crippen LogP contribution in [-0.4, -0.2) is 22.4 Å². The summed E-state index contributed by atoms with van der Waals surface area (Å²) in [6.07, 6.45) is 0. The zero-order valence-electron chi connectivity index (χ0n) is 4.74. The van der Waals surface area contributed by atoms with Gasteiger partial charge < -0.3 is 16.5 Å². The number of halogens is 2. The number of hydrogen-bond donors (Lipinski definition) is 3. The van der Waals surface area contributed by atoms with Crippen molar-refractivity contribution in [1.82, 2.24) is 0 Å². The fraction of sp³-hybridized carbons (Fsp3) is 0. The molecule has 0 spiro atoms. The maximum atomic E-state index is 7.17. The Hall–Kier alpha value is 0.402. The second kappa shape index (κ2) is 16.1. The van der Waals surface area contributed by atoms with Crippen LogP contribution in [0.5, 0.6) is 0 Å². The molecular weight excluding hydrogens is 104 g/mol. The fourth-order valence-electron chi connectivity index (χ4n) is 0. The van der Waals surface area contributed by atoms with Gasteiger partial charge in [0.25, 0.3) is 0 Å². The molecule has 0 aromatic rings. The molecular formula is H6BF2LiO3. The Morgan fingerprint density at radius 3 is 1.00 bits per heavy atom. The summed E-state index contributed by atoms with van der Waals surface area (Å²) in [6, 6.07) is 0. The van der Waals surface area contributed by atoms with Gasteiger partial charge in [-0.15, -0.1) is 0 Å². The third-order valence-corrected chi connectivity index (χ3v) is 0. The molecule has 42 valence electrons. The van der Waals surface area contributed by atoms with Crippen LogP contribution in [0.25, 0.3) is 0 Å². The summed E-state index contributed by atoms with van der Waals surface area (Å²) in [5.41, 5.74) is 0. The van der Waals surface area contributed by atoms with E-state index in [1.165, 1.54) is 0 Å². The second-order valence-electron chi connectivity index (χ2n) is 0.346. The Kier molecular flexibility index (Phi) is 60.4. The van der Waals surface area contributed by atoms with E-state index in [-0.39, 0.29) is 29.7 Å². The van der Waals surface area contributed by atoms with Gasteiger partial charge in [0.1, 0.15) is 0 Å². The molecule has 3 nitrogen and oxygen atoms in total. The van der Waals surface area contributed by atoms with Crippen molar-refractivity contribution in [2.75, 3.05) is 0 Å². The van der Waals surface area contributed by atoms with E-state index in [0.717, 1.165) is 0 Å². The quantitative estimate of drug-likeness (QED) is 0.275. The molecule has 0 saturated carbocycles. The third-order valence-electron chi connectivity index (χ3n) is 0. The van der Waals surface area contributed by atoms with Crippen molar-refractivity contribution in [2.45, 2.75) is 0 Å². The van der Waals surface area contributed by atoms with E-state index in [9.17, 15) is 0 Å². The third kappa shape index (κ3) is 767. The van der Waals surface area contributed by atoms with Crippen molar-refractivity contribution in [2.24, 2.45) is 0 Å². The zero-order chi connectivity index (χ0) is 3.58. The molecule has 0 aliphatic heterocycles. The molecule has 0 amide bonds. The summed E-state index contributed by atoms with van der Waals surface area (Å²) >= 11 is 0. The molecule has 0 aliphatic rings. The molecule has 0 heterocycles. The first-order valence-corrected chi connectivity index (χ1v) is 0.775. The van der Waals surface area contributed by atoms with Crippen LogP contribution in [0.15, 0.2) is 0 Å². The van der Waals surface area contributed by atoms with E-state index in [4.69, 9.17) is 15.1 Å². The monoisotopic (exact) mass is 110 g/mol. The van der Waals surface area contributed by atoms with E-state index in [2.05, 4.69) is 0 Å². The second-order valence-corrected chi connectivity index (χ2v) is 0.346. The van der Waals surface area contributed by atoms with Gasteiger partial charge in [0.2, 0.25) is 0 Å². The first-order valence-electron chi connectivity index (χ1n) is 0.775. The van der Waals surface area contributed by atoms with E-state index >= 15 is 0 Å². The average molecular weight is 110 g/mol. The van der Waals surface area contributed by atoms with Crippen molar-refractivity contribution in [3.8, 4) is 0 Å². The van der Waals surface area contributed by atoms with Crippen LogP contribution in [0, 0.1) is 0 Å². The van der Waals surface area contributed by atoms with Gasteiger partial charge in [0.05, 0.1) is 0 Å². The maximum absolute atomic E-state index is 7.17. The first kappa shape index (κ1) is 26.2. The molecule has 0 radical (unpaired) electrons. The molecule has 0 rings (SSSR count). The summed E-state index contributed by atoms with van der Waals surface area (Å²) in [5, 5.41) is 21.5. The van der Waals surface area contributed by atoms with Crippen LogP contribution < -0.4 is 18.9 Å². The van der Waals surface area contributed by atoms with Crippen molar-refractivity contribution in [3.05, 3.63) is 0 Å². The topological polar surface area (TPSA) is 60.7 Å². The van der Waals surface area contributed by atoms with Crippen molar-refractivity contribution < 1.29 is 44.8 Å². The number of rotatable bonds is 0. The zero-order valence-corrected chi connectivity index (χ0v) is 3.74. The molecule has 0 fully saturated rings. The molecule has 7 heteroatoms. The van der Waals surface area contributed by atoms with Crippen molar-refractivity contribution in [3.63, 3.8) is 0 Å². The smallest absolute Gasteiger partial charge is 1.00 e. The van der Waals surface area contributed by atoms with Crippen LogP contribution in [0.1, 0.15) is 1.43 Å². The molecule has 0 aromatic carbocycles. The van der Waals surface area contributed by atoms with E-state index in [1.54, 1.807) is 0 Å². The van der Waals surface area contributed by atoms with Crippen molar-refractivity contribution in [1.29, 1.82) is 0 Å². The Balaban J connectivity index is -0.00000000750. The Morgan fingerprint density at radius 2 is 1.00 bits per heavy atom. The van der Waals surface area contributed by atoms with Crippen LogP contribution in [0.4, 0.5) is 9.41 Å². The Bertz CT molecular complexity index is 22.0. The van der Waals surface area contributed by atoms with Crippen LogP contribution in [0.2, 0.25) is 0 Å². The molecule has 0 saturated heterocycles. The summed E-state index contributed by atoms with van der Waals surface area (Å²) in [6.45, 7) is 0. The fourth-order valence-corrected chi connectivity index (χ4v) is 0. The summed E-state index contributed by atoms with van der Waals surface area (Å²) in [5.74, 6) is 0. The van der Waals surface area contributed by atoms with Gasteiger partial charge in [0, 0.05) is 0 Å². The minimum Gasteiger partial charge on any atom is -1.00 e. The summed E-state index contributed by atoms with van der Waals surface area (Å²) in [4.78, 5) is 0. The number of hydrogen-bond acceptors (Lipinski definition) is 3. The average Bonchev–Trinajstić information content (AvgIpc) is 0.811. The van der Waals surface area contributed by atoms with Gasteiger partial charge in [-0.1, -0.05) is 0 Å². The SMILES string of the molecule is F.F.OB(O)O.[H-].[Li+]. The minimum atomic E-state index is -2.17. The van der Waals surface area contributed by atoms with Gasteiger partial charge in [-0.3, -0.25) is 9.41 Å². The summed E-state index contributed by atoms with van der Waals surface area (Å²) < 4.78 is 0. The molecule has 0 atom stereocenters. The van der Waals surface area contributed by atoms with E-state index in [1.807, 2.05) is 0 Å². The van der Waals surface area contributed by atoms with Gasteiger partial charge in [0.15, 0.2) is 0 Å².